The lowest BCUT2D eigenvalue weighted by Gasteiger charge is -2.14. The van der Waals surface area contributed by atoms with Gasteiger partial charge in [0.05, 0.1) is 0 Å². The molecule has 0 fully saturated rings. The molecular formula is C19H25ClN4. The number of rotatable bonds is 6. The van der Waals surface area contributed by atoms with E-state index in [2.05, 4.69) is 44.8 Å². The number of hydrogen-bond donors (Lipinski definition) is 2. The fourth-order valence-electron chi connectivity index (χ4n) is 2.33. The van der Waals surface area contributed by atoms with Gasteiger partial charge in [0.2, 0.25) is 0 Å². The molecule has 0 aliphatic heterocycles. The monoisotopic (exact) mass is 344 g/mol. The zero-order chi connectivity index (χ0) is 17.4. The minimum Gasteiger partial charge on any atom is -0.378 e. The Bertz CT molecular complexity index is 665. The highest BCUT2D eigenvalue weighted by Gasteiger charge is 2.02. The van der Waals surface area contributed by atoms with Gasteiger partial charge < -0.3 is 15.5 Å². The maximum Gasteiger partial charge on any atom is 0.191 e. The van der Waals surface area contributed by atoms with Crippen LogP contribution in [0.15, 0.2) is 53.5 Å². The number of hydrogen-bond acceptors (Lipinski definition) is 2. The molecule has 128 valence electrons. The topological polar surface area (TPSA) is 39.7 Å². The van der Waals surface area contributed by atoms with Crippen molar-refractivity contribution in [2.75, 3.05) is 32.6 Å². The second-order valence-corrected chi connectivity index (χ2v) is 6.16. The van der Waals surface area contributed by atoms with Crippen molar-refractivity contribution in [1.82, 2.24) is 10.6 Å². The number of nitrogens with zero attached hydrogens (tertiary/aromatic N) is 2. The Labute approximate surface area is 149 Å². The van der Waals surface area contributed by atoms with Crippen LogP contribution in [0, 0.1) is 0 Å². The van der Waals surface area contributed by atoms with E-state index >= 15 is 0 Å². The van der Waals surface area contributed by atoms with Crippen molar-refractivity contribution >= 4 is 23.2 Å². The molecule has 0 spiro atoms. The van der Waals surface area contributed by atoms with Crippen LogP contribution in [0.1, 0.15) is 11.1 Å². The highest BCUT2D eigenvalue weighted by Crippen LogP contribution is 2.14. The summed E-state index contributed by atoms with van der Waals surface area (Å²) in [6.07, 6.45) is 0.945. The predicted octanol–water partition coefficient (Wildman–Crippen LogP) is 3.31. The molecule has 0 saturated heterocycles. The molecule has 0 unspecified atom stereocenters. The Morgan fingerprint density at radius 2 is 1.75 bits per heavy atom. The quantitative estimate of drug-likeness (QED) is 0.624. The second kappa shape index (κ2) is 9.18. The van der Waals surface area contributed by atoms with E-state index in [1.807, 2.05) is 38.4 Å². The van der Waals surface area contributed by atoms with E-state index in [0.717, 1.165) is 29.5 Å². The molecule has 0 amide bonds. The van der Waals surface area contributed by atoms with Gasteiger partial charge in [-0.15, -0.1) is 0 Å². The molecule has 2 rings (SSSR count). The summed E-state index contributed by atoms with van der Waals surface area (Å²) in [7, 11) is 5.87. The van der Waals surface area contributed by atoms with Crippen molar-refractivity contribution in [1.29, 1.82) is 0 Å². The zero-order valence-corrected chi connectivity index (χ0v) is 15.3. The lowest BCUT2D eigenvalue weighted by molar-refractivity contribution is 0.794. The lowest BCUT2D eigenvalue weighted by atomic mass is 10.1. The molecule has 0 aliphatic carbocycles. The Kier molecular flexibility index (Phi) is 6.94. The molecule has 4 nitrogen and oxygen atoms in total. The SMILES string of the molecule is CN=C(NCCc1ccc(N(C)C)cc1)NCc1ccccc1Cl. The summed E-state index contributed by atoms with van der Waals surface area (Å²) in [5.41, 5.74) is 3.57. The van der Waals surface area contributed by atoms with E-state index in [-0.39, 0.29) is 0 Å². The van der Waals surface area contributed by atoms with Crippen LogP contribution in [0.2, 0.25) is 5.02 Å². The van der Waals surface area contributed by atoms with Gasteiger partial charge in [-0.3, -0.25) is 4.99 Å². The average molecular weight is 345 g/mol. The molecule has 5 heteroatoms. The van der Waals surface area contributed by atoms with Gasteiger partial charge in [-0.05, 0) is 35.7 Å². The van der Waals surface area contributed by atoms with Crippen molar-refractivity contribution in [3.63, 3.8) is 0 Å². The third-order valence-electron chi connectivity index (χ3n) is 3.79. The third-order valence-corrected chi connectivity index (χ3v) is 4.16. The maximum atomic E-state index is 6.17. The van der Waals surface area contributed by atoms with Crippen molar-refractivity contribution in [2.45, 2.75) is 13.0 Å². The van der Waals surface area contributed by atoms with Gasteiger partial charge in [0.1, 0.15) is 0 Å². The van der Waals surface area contributed by atoms with Crippen LogP contribution < -0.4 is 15.5 Å². The van der Waals surface area contributed by atoms with Crippen LogP contribution in [0.4, 0.5) is 5.69 Å². The standard InChI is InChI=1S/C19H25ClN4/c1-21-19(23-14-16-6-4-5-7-18(16)20)22-13-12-15-8-10-17(11-9-15)24(2)3/h4-11H,12-14H2,1-3H3,(H2,21,22,23). The fraction of sp³-hybridized carbons (Fsp3) is 0.316. The van der Waals surface area contributed by atoms with Crippen LogP contribution in [0.25, 0.3) is 0 Å². The molecule has 0 saturated carbocycles. The number of halogens is 1. The molecule has 0 atom stereocenters. The Balaban J connectivity index is 1.78. The van der Waals surface area contributed by atoms with Crippen molar-refractivity contribution < 1.29 is 0 Å². The number of nitrogens with one attached hydrogen (secondary N) is 2. The van der Waals surface area contributed by atoms with E-state index in [4.69, 9.17) is 11.6 Å². The molecule has 0 aliphatic rings. The number of guanidine groups is 1. The van der Waals surface area contributed by atoms with Gasteiger partial charge in [-0.1, -0.05) is 41.9 Å². The first kappa shape index (κ1) is 18.1. The van der Waals surface area contributed by atoms with Crippen LogP contribution in [0.5, 0.6) is 0 Å². The maximum absolute atomic E-state index is 6.17. The third kappa shape index (κ3) is 5.46. The molecular weight excluding hydrogens is 320 g/mol. The molecule has 0 bridgehead atoms. The first-order valence-electron chi connectivity index (χ1n) is 8.04. The molecule has 2 aromatic rings. The molecule has 0 aromatic heterocycles. The number of aliphatic imine (C=N–C) groups is 1. The minimum absolute atomic E-state index is 0.650. The van der Waals surface area contributed by atoms with Gasteiger partial charge >= 0.3 is 0 Å². The summed E-state index contributed by atoms with van der Waals surface area (Å²) < 4.78 is 0. The van der Waals surface area contributed by atoms with Crippen LogP contribution in [-0.2, 0) is 13.0 Å². The summed E-state index contributed by atoms with van der Waals surface area (Å²) in [6.45, 7) is 1.47. The Morgan fingerprint density at radius 1 is 1.04 bits per heavy atom. The normalized spacial score (nSPS) is 11.2. The van der Waals surface area contributed by atoms with Gasteiger partial charge in [-0.25, -0.2) is 0 Å². The first-order valence-corrected chi connectivity index (χ1v) is 8.42. The largest absolute Gasteiger partial charge is 0.378 e. The van der Waals surface area contributed by atoms with Gasteiger partial charge in [0, 0.05) is 44.9 Å². The van der Waals surface area contributed by atoms with Crippen molar-refractivity contribution in [2.24, 2.45) is 4.99 Å². The highest BCUT2D eigenvalue weighted by atomic mass is 35.5. The molecule has 0 radical (unpaired) electrons. The summed E-state index contributed by atoms with van der Waals surface area (Å²) in [4.78, 5) is 6.35. The van der Waals surface area contributed by atoms with E-state index in [0.29, 0.717) is 6.54 Å². The Morgan fingerprint density at radius 3 is 2.38 bits per heavy atom. The van der Waals surface area contributed by atoms with Crippen LogP contribution in [0.3, 0.4) is 0 Å². The van der Waals surface area contributed by atoms with E-state index in [1.54, 1.807) is 7.05 Å². The number of benzene rings is 2. The molecule has 2 N–H and O–H groups in total. The second-order valence-electron chi connectivity index (χ2n) is 5.75. The highest BCUT2D eigenvalue weighted by molar-refractivity contribution is 6.31. The van der Waals surface area contributed by atoms with Crippen LogP contribution in [-0.4, -0.2) is 33.6 Å². The first-order chi connectivity index (χ1) is 11.6. The summed E-state index contributed by atoms with van der Waals surface area (Å²) in [5, 5.41) is 7.38. The van der Waals surface area contributed by atoms with Gasteiger partial charge in [0.15, 0.2) is 5.96 Å². The van der Waals surface area contributed by atoms with E-state index in [1.165, 1.54) is 11.3 Å². The van der Waals surface area contributed by atoms with Crippen LogP contribution >= 0.6 is 11.6 Å². The summed E-state index contributed by atoms with van der Waals surface area (Å²) >= 11 is 6.17. The van der Waals surface area contributed by atoms with E-state index in [9.17, 15) is 0 Å². The van der Waals surface area contributed by atoms with Gasteiger partial charge in [0.25, 0.3) is 0 Å². The molecule has 0 heterocycles. The summed E-state index contributed by atoms with van der Waals surface area (Å²) in [5.74, 6) is 0.778. The molecule has 2 aromatic carbocycles. The van der Waals surface area contributed by atoms with Crippen molar-refractivity contribution in [3.8, 4) is 0 Å². The zero-order valence-electron chi connectivity index (χ0n) is 14.5. The van der Waals surface area contributed by atoms with Gasteiger partial charge in [-0.2, -0.15) is 0 Å². The number of anilines is 1. The predicted molar refractivity (Wildman–Crippen MR) is 104 cm³/mol. The summed E-state index contributed by atoms with van der Waals surface area (Å²) in [6, 6.07) is 16.4. The Hall–Kier alpha value is -2.20. The molecule has 24 heavy (non-hydrogen) atoms. The fourth-order valence-corrected chi connectivity index (χ4v) is 2.53. The smallest absolute Gasteiger partial charge is 0.191 e. The lowest BCUT2D eigenvalue weighted by Crippen LogP contribution is -2.37. The average Bonchev–Trinajstić information content (AvgIpc) is 2.59. The van der Waals surface area contributed by atoms with E-state index < -0.39 is 0 Å². The minimum atomic E-state index is 0.650. The van der Waals surface area contributed by atoms with Crippen molar-refractivity contribution in [3.05, 3.63) is 64.7 Å².